The highest BCUT2D eigenvalue weighted by atomic mass is 16.6. The van der Waals surface area contributed by atoms with Gasteiger partial charge in [-0.15, -0.1) is 0 Å². The first-order valence-corrected chi connectivity index (χ1v) is 9.85. The lowest BCUT2D eigenvalue weighted by atomic mass is 10.0. The number of carbonyl (C=O) groups excluding carboxylic acids is 1. The summed E-state index contributed by atoms with van der Waals surface area (Å²) in [5, 5.41) is 2.48. The molecular formula is C24H25NO4. The molecule has 29 heavy (non-hydrogen) atoms. The molecule has 1 unspecified atom stereocenters. The molecule has 0 radical (unpaired) electrons. The number of rotatable bonds is 6. The standard InChI is InChI=1S/C24H25NO4/c1-25-14-12-21(29-24(25)26)19-10-11-22(27-2)23(16-19)28-15-13-18-8-5-7-17-6-3-4-9-20(17)18/h3-11,16,21H,12-15H2,1-2H3. The number of carbonyl (C=O) groups is 1. The third-order valence-corrected chi connectivity index (χ3v) is 5.35. The van der Waals surface area contributed by atoms with Crippen LogP contribution in [0.5, 0.6) is 11.5 Å². The summed E-state index contributed by atoms with van der Waals surface area (Å²) in [5.41, 5.74) is 2.18. The van der Waals surface area contributed by atoms with E-state index < -0.39 is 0 Å². The maximum Gasteiger partial charge on any atom is 0.410 e. The van der Waals surface area contributed by atoms with Crippen LogP contribution in [-0.4, -0.2) is 38.3 Å². The van der Waals surface area contributed by atoms with Gasteiger partial charge >= 0.3 is 6.09 Å². The van der Waals surface area contributed by atoms with Crippen LogP contribution in [0.15, 0.2) is 60.7 Å². The lowest BCUT2D eigenvalue weighted by Gasteiger charge is -2.29. The van der Waals surface area contributed by atoms with Crippen LogP contribution < -0.4 is 9.47 Å². The monoisotopic (exact) mass is 391 g/mol. The molecule has 1 amide bonds. The summed E-state index contributed by atoms with van der Waals surface area (Å²) < 4.78 is 17.1. The summed E-state index contributed by atoms with van der Waals surface area (Å²) in [6.45, 7) is 1.20. The quantitative estimate of drug-likeness (QED) is 0.594. The fourth-order valence-corrected chi connectivity index (χ4v) is 3.70. The first kappa shape index (κ1) is 19.1. The molecule has 3 aromatic rings. The normalized spacial score (nSPS) is 16.6. The summed E-state index contributed by atoms with van der Waals surface area (Å²) in [6.07, 6.45) is 0.989. The summed E-state index contributed by atoms with van der Waals surface area (Å²) >= 11 is 0. The molecule has 5 heteroatoms. The first-order chi connectivity index (χ1) is 14.2. The molecular weight excluding hydrogens is 366 g/mol. The molecule has 0 bridgehead atoms. The van der Waals surface area contributed by atoms with E-state index in [0.29, 0.717) is 24.7 Å². The molecule has 1 heterocycles. The van der Waals surface area contributed by atoms with Gasteiger partial charge in [0.05, 0.1) is 13.7 Å². The Hall–Kier alpha value is -3.21. The minimum absolute atomic E-state index is 0.259. The van der Waals surface area contributed by atoms with Crippen LogP contribution >= 0.6 is 0 Å². The van der Waals surface area contributed by atoms with Crippen molar-refractivity contribution < 1.29 is 19.0 Å². The van der Waals surface area contributed by atoms with Crippen LogP contribution in [0.1, 0.15) is 23.7 Å². The fourth-order valence-electron chi connectivity index (χ4n) is 3.70. The van der Waals surface area contributed by atoms with Crippen molar-refractivity contribution >= 4 is 16.9 Å². The van der Waals surface area contributed by atoms with Crippen molar-refractivity contribution in [1.82, 2.24) is 4.90 Å². The van der Waals surface area contributed by atoms with Crippen LogP contribution in [0, 0.1) is 0 Å². The van der Waals surface area contributed by atoms with Gasteiger partial charge in [0.1, 0.15) is 6.10 Å². The zero-order valence-corrected chi connectivity index (χ0v) is 16.8. The molecule has 4 rings (SSSR count). The van der Waals surface area contributed by atoms with Crippen molar-refractivity contribution in [2.75, 3.05) is 27.3 Å². The SMILES string of the molecule is COc1ccc(C2CCN(C)C(=O)O2)cc1OCCc1cccc2ccccc12. The molecule has 0 aliphatic carbocycles. The Labute approximate surface area is 170 Å². The Bertz CT molecular complexity index is 1010. The van der Waals surface area contributed by atoms with Gasteiger partial charge in [-0.25, -0.2) is 4.79 Å². The smallest absolute Gasteiger partial charge is 0.410 e. The van der Waals surface area contributed by atoms with Gasteiger partial charge in [0.15, 0.2) is 11.5 Å². The summed E-state index contributed by atoms with van der Waals surface area (Å²) in [7, 11) is 3.37. The Morgan fingerprint density at radius 2 is 1.90 bits per heavy atom. The lowest BCUT2D eigenvalue weighted by Crippen LogP contribution is -2.35. The van der Waals surface area contributed by atoms with E-state index in [1.807, 2.05) is 18.2 Å². The highest BCUT2D eigenvalue weighted by Gasteiger charge is 2.26. The Morgan fingerprint density at radius 3 is 2.72 bits per heavy atom. The van der Waals surface area contributed by atoms with E-state index in [2.05, 4.69) is 42.5 Å². The molecule has 0 aromatic heterocycles. The van der Waals surface area contributed by atoms with Crippen LogP contribution in [-0.2, 0) is 11.2 Å². The number of nitrogens with zero attached hydrogens (tertiary/aromatic N) is 1. The van der Waals surface area contributed by atoms with Gasteiger partial charge in [-0.2, -0.15) is 0 Å². The summed E-state index contributed by atoms with van der Waals surface area (Å²) in [4.78, 5) is 13.5. The predicted molar refractivity (Wildman–Crippen MR) is 113 cm³/mol. The second kappa shape index (κ2) is 8.43. The van der Waals surface area contributed by atoms with E-state index in [4.69, 9.17) is 14.2 Å². The average Bonchev–Trinajstić information content (AvgIpc) is 2.76. The molecule has 150 valence electrons. The minimum atomic E-state index is -0.296. The molecule has 1 saturated heterocycles. The van der Waals surface area contributed by atoms with E-state index >= 15 is 0 Å². The van der Waals surface area contributed by atoms with Crippen LogP contribution in [0.3, 0.4) is 0 Å². The van der Waals surface area contributed by atoms with Gasteiger partial charge in [-0.3, -0.25) is 0 Å². The van der Waals surface area contributed by atoms with Crippen molar-refractivity contribution in [3.63, 3.8) is 0 Å². The zero-order valence-electron chi connectivity index (χ0n) is 16.8. The van der Waals surface area contributed by atoms with Crippen molar-refractivity contribution in [1.29, 1.82) is 0 Å². The van der Waals surface area contributed by atoms with Gasteiger partial charge < -0.3 is 19.1 Å². The number of fused-ring (bicyclic) bond motifs is 1. The van der Waals surface area contributed by atoms with Gasteiger partial charge in [0.2, 0.25) is 0 Å². The van der Waals surface area contributed by atoms with Gasteiger partial charge in [-0.05, 0) is 34.0 Å². The van der Waals surface area contributed by atoms with E-state index in [1.165, 1.54) is 16.3 Å². The number of benzene rings is 3. The molecule has 0 N–H and O–H groups in total. The number of amides is 1. The Balaban J connectivity index is 1.48. The topological polar surface area (TPSA) is 48.0 Å². The largest absolute Gasteiger partial charge is 0.493 e. The molecule has 1 aliphatic rings. The number of ether oxygens (including phenoxy) is 3. The number of cyclic esters (lactones) is 1. The first-order valence-electron chi connectivity index (χ1n) is 9.85. The summed E-state index contributed by atoms with van der Waals surface area (Å²) in [5.74, 6) is 1.34. The Morgan fingerprint density at radius 1 is 1.07 bits per heavy atom. The van der Waals surface area contributed by atoms with Crippen LogP contribution in [0.25, 0.3) is 10.8 Å². The number of hydrogen-bond donors (Lipinski definition) is 0. The van der Waals surface area contributed by atoms with Gasteiger partial charge in [0, 0.05) is 26.4 Å². The van der Waals surface area contributed by atoms with E-state index in [1.54, 1.807) is 19.1 Å². The molecule has 0 saturated carbocycles. The third-order valence-electron chi connectivity index (χ3n) is 5.35. The van der Waals surface area contributed by atoms with E-state index in [0.717, 1.165) is 18.4 Å². The third kappa shape index (κ3) is 4.14. The van der Waals surface area contributed by atoms with Crippen molar-refractivity contribution in [2.45, 2.75) is 18.9 Å². The second-order valence-corrected chi connectivity index (χ2v) is 7.23. The molecule has 5 nitrogen and oxygen atoms in total. The van der Waals surface area contributed by atoms with E-state index in [-0.39, 0.29) is 12.2 Å². The van der Waals surface area contributed by atoms with Gasteiger partial charge in [0.25, 0.3) is 0 Å². The fraction of sp³-hybridized carbons (Fsp3) is 0.292. The molecule has 1 fully saturated rings. The highest BCUT2D eigenvalue weighted by molar-refractivity contribution is 5.85. The van der Waals surface area contributed by atoms with E-state index in [9.17, 15) is 4.79 Å². The maximum absolute atomic E-state index is 11.9. The molecule has 3 aromatic carbocycles. The van der Waals surface area contributed by atoms with Gasteiger partial charge in [-0.1, -0.05) is 48.5 Å². The highest BCUT2D eigenvalue weighted by Crippen LogP contribution is 2.34. The molecule has 1 aliphatic heterocycles. The average molecular weight is 391 g/mol. The molecule has 0 spiro atoms. The van der Waals surface area contributed by atoms with Crippen molar-refractivity contribution in [3.05, 3.63) is 71.8 Å². The molecule has 1 atom stereocenters. The predicted octanol–water partition coefficient (Wildman–Crippen LogP) is 4.98. The van der Waals surface area contributed by atoms with Crippen molar-refractivity contribution in [3.8, 4) is 11.5 Å². The van der Waals surface area contributed by atoms with Crippen LogP contribution in [0.4, 0.5) is 4.79 Å². The summed E-state index contributed by atoms with van der Waals surface area (Å²) in [6, 6.07) is 20.4. The van der Waals surface area contributed by atoms with Crippen LogP contribution in [0.2, 0.25) is 0 Å². The van der Waals surface area contributed by atoms with Crippen molar-refractivity contribution in [2.24, 2.45) is 0 Å². The zero-order chi connectivity index (χ0) is 20.2. The minimum Gasteiger partial charge on any atom is -0.493 e. The lowest BCUT2D eigenvalue weighted by molar-refractivity contribution is 0.0323. The second-order valence-electron chi connectivity index (χ2n) is 7.23. The Kier molecular flexibility index (Phi) is 5.56. The maximum atomic E-state index is 11.9. The number of methoxy groups -OCH3 is 1. The number of hydrogen-bond acceptors (Lipinski definition) is 4.